The minimum absolute atomic E-state index is 0.0697. The molecule has 0 heterocycles. The molecule has 1 aromatic rings. The maximum absolute atomic E-state index is 13.4. The van der Waals surface area contributed by atoms with Gasteiger partial charge >= 0.3 is 18.0 Å². The molecule has 0 aliphatic rings. The van der Waals surface area contributed by atoms with Gasteiger partial charge in [0.25, 0.3) is 0 Å². The molecule has 0 fully saturated rings. The van der Waals surface area contributed by atoms with Crippen LogP contribution in [0.3, 0.4) is 0 Å². The van der Waals surface area contributed by atoms with Crippen LogP contribution >= 0.6 is 0 Å². The molecule has 1 aromatic carbocycles. The predicted octanol–water partition coefficient (Wildman–Crippen LogP) is 4.54. The lowest BCUT2D eigenvalue weighted by Crippen LogP contribution is -2.50. The lowest BCUT2D eigenvalue weighted by Gasteiger charge is -2.29. The van der Waals surface area contributed by atoms with Crippen LogP contribution in [0.15, 0.2) is 24.3 Å². The summed E-state index contributed by atoms with van der Waals surface area (Å²) in [6, 6.07) is 3.97. The zero-order chi connectivity index (χ0) is 14.2. The minimum Gasteiger partial charge on any atom is -0.194 e. The molecule has 0 radical (unpaired) electrons. The van der Waals surface area contributed by atoms with Crippen LogP contribution in [0.4, 0.5) is 30.7 Å². The largest absolute Gasteiger partial charge is 0.460 e. The standard InChI is InChI=1S/C11H9F7/c1-2-7-5-3-4-6-8(7)9(12,13)10(14,15)11(16,17)18/h3-6H,2H2,1H3. The summed E-state index contributed by atoms with van der Waals surface area (Å²) in [6.07, 6.45) is -6.38. The van der Waals surface area contributed by atoms with Crippen molar-refractivity contribution >= 4 is 0 Å². The Labute approximate surface area is 98.4 Å². The van der Waals surface area contributed by atoms with Crippen LogP contribution in [-0.4, -0.2) is 12.1 Å². The highest BCUT2D eigenvalue weighted by atomic mass is 19.4. The number of halogens is 7. The summed E-state index contributed by atoms with van der Waals surface area (Å²) in [5.74, 6) is -11.4. The lowest BCUT2D eigenvalue weighted by molar-refractivity contribution is -0.359. The second-order valence-corrected chi connectivity index (χ2v) is 3.66. The van der Waals surface area contributed by atoms with Gasteiger partial charge in [-0.25, -0.2) is 0 Å². The van der Waals surface area contributed by atoms with Crippen molar-refractivity contribution in [2.75, 3.05) is 0 Å². The molecule has 1 rings (SSSR count). The molecule has 0 aromatic heterocycles. The van der Waals surface area contributed by atoms with Crippen LogP contribution in [-0.2, 0) is 12.3 Å². The number of hydrogen-bond acceptors (Lipinski definition) is 0. The van der Waals surface area contributed by atoms with E-state index in [0.717, 1.165) is 12.1 Å². The van der Waals surface area contributed by atoms with Gasteiger partial charge in [0.1, 0.15) is 0 Å². The van der Waals surface area contributed by atoms with Gasteiger partial charge in [-0.05, 0) is 12.0 Å². The van der Waals surface area contributed by atoms with Gasteiger partial charge in [-0.15, -0.1) is 0 Å². The molecule has 102 valence electrons. The molecule has 0 saturated heterocycles. The molecule has 0 N–H and O–H groups in total. The molecular formula is C11H9F7. The van der Waals surface area contributed by atoms with E-state index in [0.29, 0.717) is 6.07 Å². The Morgan fingerprint density at radius 1 is 0.889 bits per heavy atom. The van der Waals surface area contributed by atoms with Crippen molar-refractivity contribution in [2.24, 2.45) is 0 Å². The minimum atomic E-state index is -6.31. The Morgan fingerprint density at radius 3 is 1.83 bits per heavy atom. The predicted molar refractivity (Wildman–Crippen MR) is 50.7 cm³/mol. The number of hydrogen-bond donors (Lipinski definition) is 0. The summed E-state index contributed by atoms with van der Waals surface area (Å²) < 4.78 is 88.5. The van der Waals surface area contributed by atoms with Crippen molar-refractivity contribution in [3.63, 3.8) is 0 Å². The Bertz CT molecular complexity index is 420. The van der Waals surface area contributed by atoms with E-state index in [2.05, 4.69) is 0 Å². The lowest BCUT2D eigenvalue weighted by atomic mass is 9.95. The Morgan fingerprint density at radius 2 is 1.39 bits per heavy atom. The fraction of sp³-hybridized carbons (Fsp3) is 0.455. The topological polar surface area (TPSA) is 0 Å². The van der Waals surface area contributed by atoms with Crippen LogP contribution in [0.1, 0.15) is 18.1 Å². The summed E-state index contributed by atoms with van der Waals surface area (Å²) in [6.45, 7) is 1.39. The Kier molecular flexibility index (Phi) is 3.65. The highest BCUT2D eigenvalue weighted by Crippen LogP contribution is 2.52. The van der Waals surface area contributed by atoms with Crippen LogP contribution in [0.5, 0.6) is 0 Å². The van der Waals surface area contributed by atoms with Crippen molar-refractivity contribution in [2.45, 2.75) is 31.4 Å². The van der Waals surface area contributed by atoms with Crippen molar-refractivity contribution in [3.05, 3.63) is 35.4 Å². The molecule has 7 heteroatoms. The van der Waals surface area contributed by atoms with E-state index in [1.54, 1.807) is 0 Å². The first-order chi connectivity index (χ1) is 8.05. The van der Waals surface area contributed by atoms with Gasteiger partial charge in [-0.1, -0.05) is 31.2 Å². The normalized spacial score (nSPS) is 13.8. The Balaban J connectivity index is 3.37. The maximum Gasteiger partial charge on any atom is 0.460 e. The zero-order valence-electron chi connectivity index (χ0n) is 9.16. The first-order valence-corrected chi connectivity index (χ1v) is 4.96. The van der Waals surface area contributed by atoms with E-state index in [-0.39, 0.29) is 12.0 Å². The third-order valence-corrected chi connectivity index (χ3v) is 2.49. The van der Waals surface area contributed by atoms with E-state index < -0.39 is 23.6 Å². The van der Waals surface area contributed by atoms with Gasteiger partial charge in [0.05, 0.1) is 0 Å². The highest BCUT2D eigenvalue weighted by molar-refractivity contribution is 5.33. The number of alkyl halides is 7. The SMILES string of the molecule is CCc1ccccc1C(F)(F)C(F)(F)C(F)(F)F. The molecule has 0 unspecified atom stereocenters. The fourth-order valence-electron chi connectivity index (χ4n) is 1.48. The van der Waals surface area contributed by atoms with Crippen molar-refractivity contribution in [1.82, 2.24) is 0 Å². The number of aryl methyl sites for hydroxylation is 1. The summed E-state index contributed by atoms with van der Waals surface area (Å²) >= 11 is 0. The van der Waals surface area contributed by atoms with Gasteiger partial charge in [0, 0.05) is 5.56 Å². The fourth-order valence-corrected chi connectivity index (χ4v) is 1.48. The second-order valence-electron chi connectivity index (χ2n) is 3.66. The van der Waals surface area contributed by atoms with E-state index >= 15 is 0 Å². The zero-order valence-corrected chi connectivity index (χ0v) is 9.16. The van der Waals surface area contributed by atoms with Gasteiger partial charge in [-0.2, -0.15) is 30.7 Å². The molecule has 0 aliphatic carbocycles. The molecule has 0 atom stereocenters. The first-order valence-electron chi connectivity index (χ1n) is 4.96. The third-order valence-electron chi connectivity index (χ3n) is 2.49. The number of benzene rings is 1. The molecule has 0 saturated carbocycles. The van der Waals surface area contributed by atoms with Gasteiger partial charge < -0.3 is 0 Å². The van der Waals surface area contributed by atoms with Crippen LogP contribution in [0, 0.1) is 0 Å². The Hall–Kier alpha value is -1.27. The van der Waals surface area contributed by atoms with E-state index in [1.807, 2.05) is 0 Å². The number of rotatable bonds is 3. The second kappa shape index (κ2) is 4.44. The monoisotopic (exact) mass is 274 g/mol. The van der Waals surface area contributed by atoms with Crippen molar-refractivity contribution < 1.29 is 30.7 Å². The maximum atomic E-state index is 13.4. The van der Waals surface area contributed by atoms with Crippen LogP contribution < -0.4 is 0 Å². The third kappa shape index (κ3) is 2.18. The molecule has 0 nitrogen and oxygen atoms in total. The average molecular weight is 274 g/mol. The molecule has 0 spiro atoms. The summed E-state index contributed by atoms with van der Waals surface area (Å²) in [5.41, 5.74) is -1.54. The molecule has 0 bridgehead atoms. The van der Waals surface area contributed by atoms with E-state index in [1.165, 1.54) is 13.0 Å². The van der Waals surface area contributed by atoms with Gasteiger partial charge in [0.2, 0.25) is 0 Å². The highest BCUT2D eigenvalue weighted by Gasteiger charge is 2.73. The smallest absolute Gasteiger partial charge is 0.194 e. The van der Waals surface area contributed by atoms with E-state index in [4.69, 9.17) is 0 Å². The quantitative estimate of drug-likeness (QED) is 0.710. The van der Waals surface area contributed by atoms with Crippen LogP contribution in [0.2, 0.25) is 0 Å². The first kappa shape index (κ1) is 14.8. The average Bonchev–Trinajstić information content (AvgIpc) is 2.27. The molecule has 18 heavy (non-hydrogen) atoms. The van der Waals surface area contributed by atoms with E-state index in [9.17, 15) is 30.7 Å². The molecule has 0 aliphatic heterocycles. The van der Waals surface area contributed by atoms with Gasteiger partial charge in [-0.3, -0.25) is 0 Å². The molecule has 0 amide bonds. The van der Waals surface area contributed by atoms with Gasteiger partial charge in [0.15, 0.2) is 0 Å². The van der Waals surface area contributed by atoms with Crippen molar-refractivity contribution in [1.29, 1.82) is 0 Å². The van der Waals surface area contributed by atoms with Crippen LogP contribution in [0.25, 0.3) is 0 Å². The van der Waals surface area contributed by atoms with Crippen molar-refractivity contribution in [3.8, 4) is 0 Å². The molecular weight excluding hydrogens is 265 g/mol. The summed E-state index contributed by atoms with van der Waals surface area (Å²) in [5, 5.41) is 0. The summed E-state index contributed by atoms with van der Waals surface area (Å²) in [4.78, 5) is 0. The summed E-state index contributed by atoms with van der Waals surface area (Å²) in [7, 11) is 0.